The number of rotatable bonds is 8. The average molecular weight is 421 g/mol. The van der Waals surface area contributed by atoms with Gasteiger partial charge < -0.3 is 15.4 Å². The zero-order valence-corrected chi connectivity index (χ0v) is 18.2. The number of aryl methyl sites for hydroxylation is 2. The number of carbonyl (C=O) groups is 3. The van der Waals surface area contributed by atoms with Crippen molar-refractivity contribution in [1.82, 2.24) is 4.90 Å². The highest BCUT2D eigenvalue weighted by Crippen LogP contribution is 2.32. The smallest absolute Gasteiger partial charge is 0.278 e. The molecule has 1 aliphatic rings. The van der Waals surface area contributed by atoms with Crippen LogP contribution in [0.25, 0.3) is 5.57 Å². The van der Waals surface area contributed by atoms with Gasteiger partial charge >= 0.3 is 0 Å². The van der Waals surface area contributed by atoms with Crippen molar-refractivity contribution in [2.45, 2.75) is 27.2 Å². The fourth-order valence-electron chi connectivity index (χ4n) is 3.59. The van der Waals surface area contributed by atoms with Crippen molar-refractivity contribution >= 4 is 34.7 Å². The standard InChI is InChI=1S/C24H27N3O4/c1-15-6-11-20(16(2)14-15)21-22(24(30)27(23(21)29)12-5-13-31-4)26-19-9-7-18(8-10-19)25-17(3)28/h6-11,14,26H,5,12-13H2,1-4H3,(H,25,28). The van der Waals surface area contributed by atoms with E-state index in [1.807, 2.05) is 32.0 Å². The topological polar surface area (TPSA) is 87.7 Å². The van der Waals surface area contributed by atoms with E-state index < -0.39 is 0 Å². The summed E-state index contributed by atoms with van der Waals surface area (Å²) in [6.07, 6.45) is 0.562. The Balaban J connectivity index is 1.97. The molecule has 2 N–H and O–H groups in total. The first-order valence-electron chi connectivity index (χ1n) is 10.1. The molecule has 0 unspecified atom stereocenters. The fourth-order valence-corrected chi connectivity index (χ4v) is 3.59. The molecule has 0 spiro atoms. The van der Waals surface area contributed by atoms with Crippen LogP contribution < -0.4 is 10.6 Å². The largest absolute Gasteiger partial charge is 0.385 e. The minimum absolute atomic E-state index is 0.163. The molecule has 1 aliphatic heterocycles. The lowest BCUT2D eigenvalue weighted by Gasteiger charge is -2.15. The second kappa shape index (κ2) is 9.57. The van der Waals surface area contributed by atoms with Gasteiger partial charge in [-0.05, 0) is 55.7 Å². The number of hydrogen-bond acceptors (Lipinski definition) is 5. The van der Waals surface area contributed by atoms with Gasteiger partial charge in [0.15, 0.2) is 0 Å². The maximum absolute atomic E-state index is 13.2. The number of hydrogen-bond donors (Lipinski definition) is 2. The van der Waals surface area contributed by atoms with Crippen molar-refractivity contribution in [2.75, 3.05) is 30.9 Å². The third-order valence-corrected chi connectivity index (χ3v) is 5.02. The molecule has 7 nitrogen and oxygen atoms in total. The Morgan fingerprint density at radius 3 is 2.29 bits per heavy atom. The van der Waals surface area contributed by atoms with Crippen LogP contribution in [0.4, 0.5) is 11.4 Å². The summed E-state index contributed by atoms with van der Waals surface area (Å²) in [5, 5.41) is 5.84. The Kier molecular flexibility index (Phi) is 6.87. The number of nitrogens with one attached hydrogen (secondary N) is 2. The summed E-state index contributed by atoms with van der Waals surface area (Å²) in [5.74, 6) is -0.837. The van der Waals surface area contributed by atoms with Crippen LogP contribution in [0.2, 0.25) is 0 Å². The van der Waals surface area contributed by atoms with Crippen LogP contribution in [0.5, 0.6) is 0 Å². The molecule has 0 aromatic heterocycles. The summed E-state index contributed by atoms with van der Waals surface area (Å²) in [7, 11) is 1.59. The first-order chi connectivity index (χ1) is 14.8. The van der Waals surface area contributed by atoms with E-state index in [-0.39, 0.29) is 30.0 Å². The fraction of sp³-hybridized carbons (Fsp3) is 0.292. The summed E-state index contributed by atoms with van der Waals surface area (Å²) in [6.45, 7) is 6.10. The molecular weight excluding hydrogens is 394 g/mol. The van der Waals surface area contributed by atoms with Crippen molar-refractivity contribution in [3.8, 4) is 0 Å². The predicted molar refractivity (Wildman–Crippen MR) is 120 cm³/mol. The van der Waals surface area contributed by atoms with E-state index in [1.165, 1.54) is 11.8 Å². The first-order valence-corrected chi connectivity index (χ1v) is 10.1. The Morgan fingerprint density at radius 2 is 1.68 bits per heavy atom. The van der Waals surface area contributed by atoms with Gasteiger partial charge in [-0.1, -0.05) is 23.8 Å². The zero-order valence-electron chi connectivity index (χ0n) is 18.2. The lowest BCUT2D eigenvalue weighted by atomic mass is 9.97. The van der Waals surface area contributed by atoms with E-state index in [9.17, 15) is 14.4 Å². The molecule has 1 heterocycles. The van der Waals surface area contributed by atoms with E-state index in [1.54, 1.807) is 31.4 Å². The van der Waals surface area contributed by atoms with E-state index >= 15 is 0 Å². The number of nitrogens with zero attached hydrogens (tertiary/aromatic N) is 1. The number of ether oxygens (including phenoxy) is 1. The molecule has 3 rings (SSSR count). The Labute approximate surface area is 182 Å². The number of benzene rings is 2. The maximum atomic E-state index is 13.2. The monoisotopic (exact) mass is 421 g/mol. The molecule has 0 aliphatic carbocycles. The van der Waals surface area contributed by atoms with Crippen molar-refractivity contribution in [1.29, 1.82) is 0 Å². The van der Waals surface area contributed by atoms with Crippen LogP contribution in [0.3, 0.4) is 0 Å². The molecule has 7 heteroatoms. The highest BCUT2D eigenvalue weighted by Gasteiger charge is 2.39. The van der Waals surface area contributed by atoms with Gasteiger partial charge in [-0.15, -0.1) is 0 Å². The SMILES string of the molecule is COCCCN1C(=O)C(Nc2ccc(NC(C)=O)cc2)=C(c2ccc(C)cc2C)C1=O. The van der Waals surface area contributed by atoms with Crippen LogP contribution in [0, 0.1) is 13.8 Å². The molecule has 162 valence electrons. The second-order valence-corrected chi connectivity index (χ2v) is 7.56. The third kappa shape index (κ3) is 5.00. The van der Waals surface area contributed by atoms with Crippen LogP contribution >= 0.6 is 0 Å². The van der Waals surface area contributed by atoms with E-state index in [4.69, 9.17) is 4.74 Å². The molecule has 31 heavy (non-hydrogen) atoms. The minimum Gasteiger partial charge on any atom is -0.385 e. The van der Waals surface area contributed by atoms with E-state index in [0.717, 1.165) is 16.7 Å². The Morgan fingerprint density at radius 1 is 1.00 bits per heavy atom. The highest BCUT2D eigenvalue weighted by atomic mass is 16.5. The molecule has 0 saturated carbocycles. The number of amides is 3. The van der Waals surface area contributed by atoms with Gasteiger partial charge in [0.25, 0.3) is 11.8 Å². The minimum atomic E-state index is -0.359. The molecule has 0 radical (unpaired) electrons. The van der Waals surface area contributed by atoms with Crippen molar-refractivity contribution in [3.63, 3.8) is 0 Å². The van der Waals surface area contributed by atoms with Gasteiger partial charge in [-0.25, -0.2) is 0 Å². The van der Waals surface area contributed by atoms with E-state index in [2.05, 4.69) is 10.6 Å². The Bertz CT molecular complexity index is 1040. The summed E-state index contributed by atoms with van der Waals surface area (Å²) in [4.78, 5) is 38.9. The summed E-state index contributed by atoms with van der Waals surface area (Å²) in [5.41, 5.74) is 4.65. The van der Waals surface area contributed by atoms with Crippen molar-refractivity contribution < 1.29 is 19.1 Å². The first kappa shape index (κ1) is 22.2. The molecule has 0 saturated heterocycles. The molecule has 2 aromatic carbocycles. The van der Waals surface area contributed by atoms with Gasteiger partial charge in [0.05, 0.1) is 5.57 Å². The number of carbonyl (C=O) groups excluding carboxylic acids is 3. The average Bonchev–Trinajstić information content (AvgIpc) is 2.94. The Hall–Kier alpha value is -3.45. The third-order valence-electron chi connectivity index (χ3n) is 5.02. The van der Waals surface area contributed by atoms with Crippen LogP contribution in [-0.4, -0.2) is 42.9 Å². The molecule has 0 atom stereocenters. The molecule has 0 bridgehead atoms. The van der Waals surface area contributed by atoms with Gasteiger partial charge in [0.1, 0.15) is 5.70 Å². The van der Waals surface area contributed by atoms with Crippen LogP contribution in [-0.2, 0) is 19.1 Å². The molecule has 0 fully saturated rings. The quantitative estimate of drug-likeness (QED) is 0.503. The molecular formula is C24H27N3O4. The lowest BCUT2D eigenvalue weighted by Crippen LogP contribution is -2.34. The summed E-state index contributed by atoms with van der Waals surface area (Å²) >= 11 is 0. The maximum Gasteiger partial charge on any atom is 0.278 e. The van der Waals surface area contributed by atoms with E-state index in [0.29, 0.717) is 30.0 Å². The van der Waals surface area contributed by atoms with Gasteiger partial charge in [-0.3, -0.25) is 19.3 Å². The normalized spacial score (nSPS) is 13.7. The van der Waals surface area contributed by atoms with Gasteiger partial charge in [0, 0.05) is 38.6 Å². The molecule has 3 amide bonds. The summed E-state index contributed by atoms with van der Waals surface area (Å²) < 4.78 is 5.07. The van der Waals surface area contributed by atoms with Crippen molar-refractivity contribution in [2.24, 2.45) is 0 Å². The zero-order chi connectivity index (χ0) is 22.5. The van der Waals surface area contributed by atoms with Crippen LogP contribution in [0.15, 0.2) is 48.2 Å². The molecule has 2 aromatic rings. The van der Waals surface area contributed by atoms with Gasteiger partial charge in [-0.2, -0.15) is 0 Å². The predicted octanol–water partition coefficient (Wildman–Crippen LogP) is 3.49. The summed E-state index contributed by atoms with van der Waals surface area (Å²) in [6, 6.07) is 12.8. The highest BCUT2D eigenvalue weighted by molar-refractivity contribution is 6.36. The number of anilines is 2. The van der Waals surface area contributed by atoms with Crippen molar-refractivity contribution in [3.05, 3.63) is 64.9 Å². The number of methoxy groups -OCH3 is 1. The second-order valence-electron chi connectivity index (χ2n) is 7.56. The van der Waals surface area contributed by atoms with Gasteiger partial charge in [0.2, 0.25) is 5.91 Å². The van der Waals surface area contributed by atoms with Crippen LogP contribution in [0.1, 0.15) is 30.0 Å². The lowest BCUT2D eigenvalue weighted by molar-refractivity contribution is -0.137. The number of imide groups is 1.